The highest BCUT2D eigenvalue weighted by molar-refractivity contribution is 5.37. The molecule has 1 N–H and O–H groups in total. The van der Waals surface area contributed by atoms with Crippen molar-refractivity contribution in [1.82, 2.24) is 0 Å². The van der Waals surface area contributed by atoms with E-state index in [9.17, 15) is 9.50 Å². The first-order chi connectivity index (χ1) is 7.99. The van der Waals surface area contributed by atoms with E-state index in [4.69, 9.17) is 4.74 Å². The monoisotopic (exact) mass is 238 g/mol. The molecule has 17 heavy (non-hydrogen) atoms. The van der Waals surface area contributed by atoms with Crippen LogP contribution in [0.15, 0.2) is 12.1 Å². The molecule has 2 nitrogen and oxygen atoms in total. The Bertz CT molecular complexity index is 403. The molecular weight excluding hydrogens is 219 g/mol. The van der Waals surface area contributed by atoms with Crippen LogP contribution in [0.5, 0.6) is 0 Å². The number of halogens is 1. The second-order valence-electron chi connectivity index (χ2n) is 5.07. The molecule has 1 atom stereocenters. The molecule has 1 aliphatic carbocycles. The van der Waals surface area contributed by atoms with E-state index < -0.39 is 5.60 Å². The van der Waals surface area contributed by atoms with Crippen LogP contribution in [0, 0.1) is 25.6 Å². The third kappa shape index (κ3) is 2.22. The quantitative estimate of drug-likeness (QED) is 0.874. The van der Waals surface area contributed by atoms with Crippen molar-refractivity contribution in [3.8, 4) is 0 Å². The number of hydrogen-bond acceptors (Lipinski definition) is 2. The van der Waals surface area contributed by atoms with Gasteiger partial charge in [0.15, 0.2) is 0 Å². The lowest BCUT2D eigenvalue weighted by Crippen LogP contribution is -2.35. The van der Waals surface area contributed by atoms with Gasteiger partial charge in [-0.15, -0.1) is 0 Å². The van der Waals surface area contributed by atoms with Crippen LogP contribution in [-0.4, -0.2) is 18.8 Å². The molecule has 0 aromatic heterocycles. The summed E-state index contributed by atoms with van der Waals surface area (Å²) in [6.45, 7) is 3.85. The Kier molecular flexibility index (Phi) is 3.23. The van der Waals surface area contributed by atoms with Crippen LogP contribution in [0.2, 0.25) is 0 Å². The van der Waals surface area contributed by atoms with Gasteiger partial charge in [-0.3, -0.25) is 0 Å². The molecule has 1 fully saturated rings. The Morgan fingerprint density at radius 1 is 1.41 bits per heavy atom. The topological polar surface area (TPSA) is 29.5 Å². The van der Waals surface area contributed by atoms with E-state index in [1.165, 1.54) is 13.2 Å². The van der Waals surface area contributed by atoms with Gasteiger partial charge in [0, 0.05) is 12.7 Å². The molecule has 1 aromatic rings. The summed E-state index contributed by atoms with van der Waals surface area (Å²) in [6.07, 6.45) is 1.87. The summed E-state index contributed by atoms with van der Waals surface area (Å²) in [5.74, 6) is -0.202. The van der Waals surface area contributed by atoms with Crippen molar-refractivity contribution < 1.29 is 14.2 Å². The number of methoxy groups -OCH3 is 1. The Labute approximate surface area is 101 Å². The molecule has 0 bridgehead atoms. The second-order valence-corrected chi connectivity index (χ2v) is 5.07. The van der Waals surface area contributed by atoms with Crippen molar-refractivity contribution in [3.63, 3.8) is 0 Å². The minimum Gasteiger partial charge on any atom is -0.382 e. The van der Waals surface area contributed by atoms with E-state index in [0.717, 1.165) is 24.0 Å². The smallest absolute Gasteiger partial charge is 0.129 e. The second kappa shape index (κ2) is 4.39. The first-order valence-electron chi connectivity index (χ1n) is 5.97. The van der Waals surface area contributed by atoms with Crippen molar-refractivity contribution in [2.75, 3.05) is 13.7 Å². The zero-order valence-electron chi connectivity index (χ0n) is 10.6. The van der Waals surface area contributed by atoms with Gasteiger partial charge in [-0.2, -0.15) is 0 Å². The van der Waals surface area contributed by atoms with Crippen LogP contribution in [0.4, 0.5) is 4.39 Å². The molecule has 0 radical (unpaired) electrons. The molecule has 0 amide bonds. The number of hydrogen-bond donors (Lipinski definition) is 1. The van der Waals surface area contributed by atoms with Gasteiger partial charge in [0.2, 0.25) is 0 Å². The predicted octanol–water partition coefficient (Wildman–Crippen LogP) is 2.69. The molecule has 3 heteroatoms. The highest BCUT2D eigenvalue weighted by atomic mass is 19.1. The maximum absolute atomic E-state index is 14.1. The minimum absolute atomic E-state index is 0.123. The lowest BCUT2D eigenvalue weighted by molar-refractivity contribution is -0.0560. The van der Waals surface area contributed by atoms with E-state index in [1.54, 1.807) is 0 Å². The molecule has 1 unspecified atom stereocenters. The SMILES string of the molecule is COCC(O)(c1c(C)cc(C)cc1F)C1CC1. The largest absolute Gasteiger partial charge is 0.382 e. The minimum atomic E-state index is -1.17. The van der Waals surface area contributed by atoms with Crippen LogP contribution < -0.4 is 0 Å². The Hall–Kier alpha value is -0.930. The summed E-state index contributed by atoms with van der Waals surface area (Å²) in [6, 6.07) is 3.38. The predicted molar refractivity (Wildman–Crippen MR) is 64.4 cm³/mol. The third-order valence-electron chi connectivity index (χ3n) is 3.48. The highest BCUT2D eigenvalue weighted by Gasteiger charge is 2.47. The molecule has 2 rings (SSSR count). The highest BCUT2D eigenvalue weighted by Crippen LogP contribution is 2.47. The molecule has 1 aromatic carbocycles. The average molecular weight is 238 g/mol. The average Bonchev–Trinajstić information content (AvgIpc) is 2.98. The standard InChI is InChI=1S/C14H19FO2/c1-9-6-10(2)13(12(15)7-9)14(16,8-17-3)11-4-5-11/h6-7,11,16H,4-5,8H2,1-3H3. The van der Waals surface area contributed by atoms with Crippen molar-refractivity contribution in [2.45, 2.75) is 32.3 Å². The summed E-state index contributed by atoms with van der Waals surface area (Å²) < 4.78 is 19.2. The van der Waals surface area contributed by atoms with Gasteiger partial charge >= 0.3 is 0 Å². The normalized spacial score (nSPS) is 19.1. The van der Waals surface area contributed by atoms with Gasteiger partial charge in [-0.05, 0) is 49.8 Å². The zero-order valence-corrected chi connectivity index (χ0v) is 10.6. The van der Waals surface area contributed by atoms with E-state index in [1.807, 2.05) is 19.9 Å². The van der Waals surface area contributed by atoms with Crippen molar-refractivity contribution in [3.05, 3.63) is 34.6 Å². The first kappa shape index (κ1) is 12.5. The van der Waals surface area contributed by atoms with E-state index in [2.05, 4.69) is 0 Å². The van der Waals surface area contributed by atoms with Crippen molar-refractivity contribution in [1.29, 1.82) is 0 Å². The fourth-order valence-electron chi connectivity index (χ4n) is 2.64. The number of rotatable bonds is 4. The summed E-state index contributed by atoms with van der Waals surface area (Å²) in [5.41, 5.74) is 0.914. The Morgan fingerprint density at radius 3 is 2.53 bits per heavy atom. The zero-order chi connectivity index (χ0) is 12.6. The summed E-state index contributed by atoms with van der Waals surface area (Å²) in [5, 5.41) is 10.7. The molecule has 0 aliphatic heterocycles. The molecule has 1 aliphatic rings. The van der Waals surface area contributed by atoms with Crippen LogP contribution in [0.1, 0.15) is 29.5 Å². The van der Waals surface area contributed by atoms with Crippen LogP contribution in [0.3, 0.4) is 0 Å². The maximum Gasteiger partial charge on any atom is 0.129 e. The maximum atomic E-state index is 14.1. The van der Waals surface area contributed by atoms with E-state index >= 15 is 0 Å². The van der Waals surface area contributed by atoms with E-state index in [0.29, 0.717) is 5.56 Å². The summed E-state index contributed by atoms with van der Waals surface area (Å²) in [4.78, 5) is 0. The van der Waals surface area contributed by atoms with Crippen molar-refractivity contribution >= 4 is 0 Å². The number of aryl methyl sites for hydroxylation is 2. The van der Waals surface area contributed by atoms with Crippen LogP contribution in [0.25, 0.3) is 0 Å². The number of benzene rings is 1. The van der Waals surface area contributed by atoms with Crippen LogP contribution >= 0.6 is 0 Å². The molecular formula is C14H19FO2. The fraction of sp³-hybridized carbons (Fsp3) is 0.571. The molecule has 0 spiro atoms. The number of ether oxygens (including phenoxy) is 1. The van der Waals surface area contributed by atoms with Gasteiger partial charge in [0.1, 0.15) is 11.4 Å². The van der Waals surface area contributed by atoms with E-state index in [-0.39, 0.29) is 18.3 Å². The van der Waals surface area contributed by atoms with Gasteiger partial charge in [0.25, 0.3) is 0 Å². The van der Waals surface area contributed by atoms with Gasteiger partial charge in [-0.25, -0.2) is 4.39 Å². The summed E-state index contributed by atoms with van der Waals surface area (Å²) >= 11 is 0. The molecule has 1 saturated carbocycles. The molecule has 0 saturated heterocycles. The third-order valence-corrected chi connectivity index (χ3v) is 3.48. The van der Waals surface area contributed by atoms with Crippen LogP contribution in [-0.2, 0) is 10.3 Å². The lowest BCUT2D eigenvalue weighted by atomic mass is 9.85. The lowest BCUT2D eigenvalue weighted by Gasteiger charge is -2.30. The van der Waals surface area contributed by atoms with Crippen molar-refractivity contribution in [2.24, 2.45) is 5.92 Å². The van der Waals surface area contributed by atoms with Gasteiger partial charge in [0.05, 0.1) is 6.61 Å². The number of aliphatic hydroxyl groups is 1. The first-order valence-corrected chi connectivity index (χ1v) is 5.97. The van der Waals surface area contributed by atoms with Gasteiger partial charge < -0.3 is 9.84 Å². The molecule has 0 heterocycles. The van der Waals surface area contributed by atoms with Gasteiger partial charge in [-0.1, -0.05) is 6.07 Å². The molecule has 94 valence electrons. The fourth-order valence-corrected chi connectivity index (χ4v) is 2.64. The Morgan fingerprint density at radius 2 is 2.06 bits per heavy atom. The Balaban J connectivity index is 2.49. The summed E-state index contributed by atoms with van der Waals surface area (Å²) in [7, 11) is 1.54.